The molecule has 0 aliphatic carbocycles. The van der Waals surface area contributed by atoms with Gasteiger partial charge in [0.1, 0.15) is 0 Å². The zero-order valence-corrected chi connectivity index (χ0v) is 23.6. The summed E-state index contributed by atoms with van der Waals surface area (Å²) in [4.78, 5) is 24.0. The number of amides is 1. The molecule has 9 heteroatoms. The molecule has 4 rings (SSSR count). The molecular formula is C31H35N5O3S. The Kier molecular flexibility index (Phi) is 10.9. The third kappa shape index (κ3) is 8.26. The van der Waals surface area contributed by atoms with Crippen molar-refractivity contribution in [3.8, 4) is 5.69 Å². The van der Waals surface area contributed by atoms with Crippen molar-refractivity contribution in [2.45, 2.75) is 68.8 Å². The van der Waals surface area contributed by atoms with Gasteiger partial charge < -0.3 is 5.32 Å². The van der Waals surface area contributed by atoms with E-state index in [0.29, 0.717) is 35.3 Å². The Morgan fingerprint density at radius 2 is 1.55 bits per heavy atom. The van der Waals surface area contributed by atoms with Crippen molar-refractivity contribution >= 4 is 23.4 Å². The topological polar surface area (TPSA) is 103 Å². The highest BCUT2D eigenvalue weighted by molar-refractivity contribution is 7.98. The number of rotatable bonds is 15. The lowest BCUT2D eigenvalue weighted by atomic mass is 10.0. The first-order chi connectivity index (χ1) is 19.5. The number of nitrogens with zero attached hydrogens (tertiary/aromatic N) is 4. The summed E-state index contributed by atoms with van der Waals surface area (Å²) in [5, 5.41) is 24.3. The number of hydrogen-bond acceptors (Lipinski definition) is 6. The number of aromatic nitrogens is 3. The molecule has 40 heavy (non-hydrogen) atoms. The molecule has 0 spiro atoms. The molecule has 208 valence electrons. The lowest BCUT2D eigenvalue weighted by molar-refractivity contribution is -0.384. The standard InChI is InChI=1S/C31H35N5O3S/c1-2-3-4-5-12-17-29(37)32-28(22-24-13-8-6-9-14-24)30-33-34-31(40-23-25-15-10-7-11-16-25)35(30)26-18-20-27(21-19-26)36(38)39/h6-11,13-16,18-21,28H,2-5,12,17,22-23H2,1H3,(H,32,37). The number of thioether (sulfide) groups is 1. The molecule has 3 aromatic carbocycles. The van der Waals surface area contributed by atoms with Crippen molar-refractivity contribution in [3.63, 3.8) is 0 Å². The lowest BCUT2D eigenvalue weighted by Crippen LogP contribution is -2.31. The summed E-state index contributed by atoms with van der Waals surface area (Å²) in [6.07, 6.45) is 6.34. The van der Waals surface area contributed by atoms with E-state index in [-0.39, 0.29) is 11.6 Å². The number of nitrogens with one attached hydrogen (secondary N) is 1. The summed E-state index contributed by atoms with van der Waals surface area (Å²) < 4.78 is 1.91. The van der Waals surface area contributed by atoms with E-state index in [9.17, 15) is 14.9 Å². The van der Waals surface area contributed by atoms with Gasteiger partial charge in [-0.2, -0.15) is 0 Å². The Morgan fingerprint density at radius 3 is 2.20 bits per heavy atom. The van der Waals surface area contributed by atoms with Crippen molar-refractivity contribution in [2.75, 3.05) is 0 Å². The largest absolute Gasteiger partial charge is 0.346 e. The van der Waals surface area contributed by atoms with E-state index >= 15 is 0 Å². The molecule has 4 aromatic rings. The summed E-state index contributed by atoms with van der Waals surface area (Å²) in [7, 11) is 0. The average Bonchev–Trinajstić information content (AvgIpc) is 3.41. The molecule has 1 amide bonds. The number of unbranched alkanes of at least 4 members (excludes halogenated alkanes) is 4. The van der Waals surface area contributed by atoms with Crippen LogP contribution in [0.15, 0.2) is 90.1 Å². The summed E-state index contributed by atoms with van der Waals surface area (Å²) in [6, 6.07) is 26.0. The number of nitro benzene ring substituents is 1. The zero-order chi connectivity index (χ0) is 28.2. The summed E-state index contributed by atoms with van der Waals surface area (Å²) in [5.41, 5.74) is 2.92. The molecule has 1 atom stereocenters. The SMILES string of the molecule is CCCCCCCC(=O)NC(Cc1ccccc1)c1nnc(SCc2ccccc2)n1-c1ccc([N+](=O)[O-])cc1. The van der Waals surface area contributed by atoms with Crippen LogP contribution in [0.25, 0.3) is 5.69 Å². The minimum absolute atomic E-state index is 0.00840. The second kappa shape index (κ2) is 15.0. The van der Waals surface area contributed by atoms with Gasteiger partial charge in [0.05, 0.1) is 11.0 Å². The average molecular weight is 558 g/mol. The fraction of sp³-hybridized carbons (Fsp3) is 0.323. The second-order valence-electron chi connectivity index (χ2n) is 9.70. The number of benzene rings is 3. The van der Waals surface area contributed by atoms with Crippen molar-refractivity contribution < 1.29 is 9.72 Å². The smallest absolute Gasteiger partial charge is 0.269 e. The fourth-order valence-corrected chi connectivity index (χ4v) is 5.42. The first kappa shape index (κ1) is 29.0. The predicted molar refractivity (Wildman–Crippen MR) is 158 cm³/mol. The molecule has 0 radical (unpaired) electrons. The van der Waals surface area contributed by atoms with Gasteiger partial charge in [-0.15, -0.1) is 10.2 Å². The zero-order valence-electron chi connectivity index (χ0n) is 22.7. The third-order valence-corrected chi connectivity index (χ3v) is 7.62. The first-order valence-corrected chi connectivity index (χ1v) is 14.7. The summed E-state index contributed by atoms with van der Waals surface area (Å²) in [5.74, 6) is 1.25. The highest BCUT2D eigenvalue weighted by Crippen LogP contribution is 2.30. The Labute approximate surface area is 239 Å². The summed E-state index contributed by atoms with van der Waals surface area (Å²) >= 11 is 1.53. The van der Waals surface area contributed by atoms with Gasteiger partial charge >= 0.3 is 0 Å². The van der Waals surface area contributed by atoms with Gasteiger partial charge in [-0.3, -0.25) is 19.5 Å². The molecule has 0 aliphatic rings. The van der Waals surface area contributed by atoms with Gasteiger partial charge in [-0.1, -0.05) is 105 Å². The normalized spacial score (nSPS) is 11.7. The predicted octanol–water partition coefficient (Wildman–Crippen LogP) is 7.23. The van der Waals surface area contributed by atoms with Gasteiger partial charge in [0, 0.05) is 30.0 Å². The Bertz CT molecular complexity index is 1360. The van der Waals surface area contributed by atoms with Crippen LogP contribution < -0.4 is 5.32 Å². The van der Waals surface area contributed by atoms with E-state index in [4.69, 9.17) is 0 Å². The van der Waals surface area contributed by atoms with Crippen LogP contribution in [0, 0.1) is 10.1 Å². The van der Waals surface area contributed by atoms with Crippen LogP contribution in [0.2, 0.25) is 0 Å². The van der Waals surface area contributed by atoms with E-state index in [1.165, 1.54) is 30.3 Å². The van der Waals surface area contributed by atoms with Gasteiger partial charge in [-0.05, 0) is 36.1 Å². The molecule has 8 nitrogen and oxygen atoms in total. The monoisotopic (exact) mass is 557 g/mol. The van der Waals surface area contributed by atoms with Crippen molar-refractivity contribution in [2.24, 2.45) is 0 Å². The molecule has 1 N–H and O–H groups in total. The Balaban J connectivity index is 1.65. The summed E-state index contributed by atoms with van der Waals surface area (Å²) in [6.45, 7) is 2.17. The van der Waals surface area contributed by atoms with E-state index in [1.54, 1.807) is 12.1 Å². The van der Waals surface area contributed by atoms with Crippen LogP contribution in [0.4, 0.5) is 5.69 Å². The van der Waals surface area contributed by atoms with Crippen LogP contribution in [-0.4, -0.2) is 25.6 Å². The molecule has 0 saturated heterocycles. The molecule has 0 saturated carbocycles. The van der Waals surface area contributed by atoms with Crippen LogP contribution in [0.1, 0.15) is 68.4 Å². The van der Waals surface area contributed by atoms with E-state index in [0.717, 1.165) is 36.8 Å². The number of carbonyl (C=O) groups is 1. The highest BCUT2D eigenvalue weighted by Gasteiger charge is 2.25. The van der Waals surface area contributed by atoms with E-state index in [2.05, 4.69) is 34.6 Å². The second-order valence-corrected chi connectivity index (χ2v) is 10.6. The molecule has 0 aliphatic heterocycles. The first-order valence-electron chi connectivity index (χ1n) is 13.7. The molecule has 0 fully saturated rings. The van der Waals surface area contributed by atoms with Crippen LogP contribution in [-0.2, 0) is 17.0 Å². The maximum absolute atomic E-state index is 13.1. The van der Waals surface area contributed by atoms with Crippen molar-refractivity contribution in [3.05, 3.63) is 112 Å². The Hall–Kier alpha value is -3.98. The third-order valence-electron chi connectivity index (χ3n) is 6.62. The van der Waals surface area contributed by atoms with E-state index < -0.39 is 11.0 Å². The molecule has 0 bridgehead atoms. The number of non-ortho nitro benzene ring substituents is 1. The number of carbonyl (C=O) groups excluding carboxylic acids is 1. The Morgan fingerprint density at radius 1 is 0.900 bits per heavy atom. The highest BCUT2D eigenvalue weighted by atomic mass is 32.2. The van der Waals surface area contributed by atoms with Gasteiger partial charge in [0.25, 0.3) is 5.69 Å². The number of hydrogen-bond donors (Lipinski definition) is 1. The lowest BCUT2D eigenvalue weighted by Gasteiger charge is -2.20. The molecular weight excluding hydrogens is 522 g/mol. The van der Waals surface area contributed by atoms with Gasteiger partial charge in [0.2, 0.25) is 5.91 Å². The van der Waals surface area contributed by atoms with Gasteiger partial charge in [0.15, 0.2) is 11.0 Å². The van der Waals surface area contributed by atoms with Crippen LogP contribution >= 0.6 is 11.8 Å². The van der Waals surface area contributed by atoms with E-state index in [1.807, 2.05) is 53.1 Å². The fourth-order valence-electron chi connectivity index (χ4n) is 4.50. The van der Waals surface area contributed by atoms with Gasteiger partial charge in [-0.25, -0.2) is 0 Å². The maximum atomic E-state index is 13.1. The quantitative estimate of drug-likeness (QED) is 0.0716. The molecule has 1 heterocycles. The number of nitro groups is 1. The maximum Gasteiger partial charge on any atom is 0.269 e. The van der Waals surface area contributed by atoms with Crippen molar-refractivity contribution in [1.29, 1.82) is 0 Å². The van der Waals surface area contributed by atoms with Crippen LogP contribution in [0.3, 0.4) is 0 Å². The minimum atomic E-state index is -0.431. The molecule has 1 unspecified atom stereocenters. The minimum Gasteiger partial charge on any atom is -0.346 e. The molecule has 1 aromatic heterocycles. The van der Waals surface area contributed by atoms with Crippen molar-refractivity contribution in [1.82, 2.24) is 20.1 Å². The van der Waals surface area contributed by atoms with Crippen LogP contribution in [0.5, 0.6) is 0 Å².